The second-order valence-electron chi connectivity index (χ2n) is 5.01. The summed E-state index contributed by atoms with van der Waals surface area (Å²) in [7, 11) is -2.23. The molecule has 3 N–H and O–H groups in total. The molecule has 0 radical (unpaired) electrons. The van der Waals surface area contributed by atoms with Gasteiger partial charge in [0.15, 0.2) is 5.84 Å². The fourth-order valence-electron chi connectivity index (χ4n) is 2.35. The number of nitrogens with zero attached hydrogens (tertiary/aromatic N) is 2. The molecule has 0 amide bonds. The summed E-state index contributed by atoms with van der Waals surface area (Å²) in [5, 5.41) is 11.5. The van der Waals surface area contributed by atoms with E-state index >= 15 is 0 Å². The van der Waals surface area contributed by atoms with Crippen LogP contribution in [0.5, 0.6) is 0 Å². The van der Waals surface area contributed by atoms with Gasteiger partial charge in [0.25, 0.3) is 0 Å². The Balaban J connectivity index is 2.35. The molecule has 0 aliphatic heterocycles. The molecule has 0 saturated carbocycles. The molecule has 20 heavy (non-hydrogen) atoms. The van der Waals surface area contributed by atoms with Crippen molar-refractivity contribution in [2.45, 2.75) is 37.1 Å². The van der Waals surface area contributed by atoms with Crippen LogP contribution in [0.2, 0.25) is 0 Å². The number of sulfonamides is 1. The first-order chi connectivity index (χ1) is 9.37. The molecular formula is C13H19N3O3S. The van der Waals surface area contributed by atoms with Gasteiger partial charge in [-0.2, -0.15) is 4.31 Å². The second-order valence-corrected chi connectivity index (χ2v) is 7.00. The van der Waals surface area contributed by atoms with Crippen LogP contribution in [0.3, 0.4) is 0 Å². The highest BCUT2D eigenvalue weighted by atomic mass is 32.2. The molecule has 1 aliphatic rings. The lowest BCUT2D eigenvalue weighted by Crippen LogP contribution is -2.43. The van der Waals surface area contributed by atoms with Crippen molar-refractivity contribution < 1.29 is 13.6 Å². The van der Waals surface area contributed by atoms with Crippen LogP contribution in [0.1, 0.15) is 24.5 Å². The third-order valence-corrected chi connectivity index (χ3v) is 5.76. The number of benzene rings is 1. The van der Waals surface area contributed by atoms with E-state index in [2.05, 4.69) is 5.16 Å². The third-order valence-electron chi connectivity index (χ3n) is 3.84. The maximum atomic E-state index is 12.5. The first-order valence-electron chi connectivity index (χ1n) is 6.45. The van der Waals surface area contributed by atoms with Crippen LogP contribution >= 0.6 is 0 Å². The average molecular weight is 297 g/mol. The Hall–Kier alpha value is -1.60. The van der Waals surface area contributed by atoms with E-state index in [0.717, 1.165) is 29.1 Å². The van der Waals surface area contributed by atoms with Gasteiger partial charge in [0.1, 0.15) is 0 Å². The summed E-state index contributed by atoms with van der Waals surface area (Å²) in [5.41, 5.74) is 7.79. The van der Waals surface area contributed by atoms with Crippen LogP contribution < -0.4 is 5.73 Å². The molecule has 1 aromatic rings. The Bertz CT molecular complexity index is 640. The van der Waals surface area contributed by atoms with E-state index < -0.39 is 16.1 Å². The van der Waals surface area contributed by atoms with Crippen LogP contribution in [0, 0.1) is 0 Å². The molecule has 0 fully saturated rings. The number of nitrogens with two attached hydrogens (primary N) is 1. The van der Waals surface area contributed by atoms with Crippen molar-refractivity contribution in [3.8, 4) is 0 Å². The summed E-state index contributed by atoms with van der Waals surface area (Å²) in [6, 6.07) is 4.51. The Labute approximate surface area is 118 Å². The zero-order valence-corrected chi connectivity index (χ0v) is 12.4. The number of hydrogen-bond acceptors (Lipinski definition) is 4. The first kappa shape index (κ1) is 14.8. The maximum absolute atomic E-state index is 12.5. The Kier molecular flexibility index (Phi) is 4.01. The second kappa shape index (κ2) is 5.41. The van der Waals surface area contributed by atoms with Crippen LogP contribution in [-0.2, 0) is 22.9 Å². The van der Waals surface area contributed by atoms with Gasteiger partial charge < -0.3 is 10.9 Å². The average Bonchev–Trinajstić information content (AvgIpc) is 2.91. The van der Waals surface area contributed by atoms with E-state index in [1.165, 1.54) is 12.6 Å². The maximum Gasteiger partial charge on any atom is 0.243 e. The summed E-state index contributed by atoms with van der Waals surface area (Å²) in [4.78, 5) is 0.248. The smallest absolute Gasteiger partial charge is 0.243 e. The monoisotopic (exact) mass is 297 g/mol. The van der Waals surface area contributed by atoms with E-state index in [-0.39, 0.29) is 10.7 Å². The SMILES string of the molecule is CC(C(N)=NO)N(C)S(=O)(=O)c1ccc2c(c1)CCC2. The van der Waals surface area contributed by atoms with E-state index in [9.17, 15) is 8.42 Å². The van der Waals surface area contributed by atoms with Crippen molar-refractivity contribution in [3.63, 3.8) is 0 Å². The molecule has 1 aliphatic carbocycles. The fourth-order valence-corrected chi connectivity index (χ4v) is 3.74. The van der Waals surface area contributed by atoms with E-state index in [1.807, 2.05) is 6.07 Å². The number of rotatable bonds is 4. The van der Waals surface area contributed by atoms with Gasteiger partial charge in [0.2, 0.25) is 10.0 Å². The number of fused-ring (bicyclic) bond motifs is 1. The summed E-state index contributed by atoms with van der Waals surface area (Å²) in [6.07, 6.45) is 2.99. The number of hydrogen-bond donors (Lipinski definition) is 2. The highest BCUT2D eigenvalue weighted by Gasteiger charge is 2.28. The van der Waals surface area contributed by atoms with Crippen molar-refractivity contribution in [1.82, 2.24) is 4.31 Å². The van der Waals surface area contributed by atoms with Crippen LogP contribution in [0.25, 0.3) is 0 Å². The van der Waals surface area contributed by atoms with Gasteiger partial charge in [-0.3, -0.25) is 0 Å². The number of amidine groups is 1. The van der Waals surface area contributed by atoms with Crippen molar-refractivity contribution in [3.05, 3.63) is 29.3 Å². The predicted molar refractivity (Wildman–Crippen MR) is 76.3 cm³/mol. The zero-order valence-electron chi connectivity index (χ0n) is 11.6. The van der Waals surface area contributed by atoms with Crippen molar-refractivity contribution in [2.24, 2.45) is 10.9 Å². The van der Waals surface area contributed by atoms with Gasteiger partial charge in [-0.15, -0.1) is 0 Å². The van der Waals surface area contributed by atoms with Gasteiger partial charge in [-0.25, -0.2) is 8.42 Å². The molecular weight excluding hydrogens is 278 g/mol. The molecule has 0 heterocycles. The van der Waals surface area contributed by atoms with Gasteiger partial charge in [0.05, 0.1) is 10.9 Å². The topological polar surface area (TPSA) is 96.0 Å². The van der Waals surface area contributed by atoms with E-state index in [0.29, 0.717) is 0 Å². The molecule has 7 heteroatoms. The number of aryl methyl sites for hydroxylation is 2. The fraction of sp³-hybridized carbons (Fsp3) is 0.462. The lowest BCUT2D eigenvalue weighted by molar-refractivity contribution is 0.311. The summed E-state index contributed by atoms with van der Waals surface area (Å²) < 4.78 is 26.2. The van der Waals surface area contributed by atoms with E-state index in [1.54, 1.807) is 19.1 Å². The number of oxime groups is 1. The van der Waals surface area contributed by atoms with Gasteiger partial charge in [0, 0.05) is 7.05 Å². The molecule has 6 nitrogen and oxygen atoms in total. The Morgan fingerprint density at radius 3 is 2.70 bits per heavy atom. The van der Waals surface area contributed by atoms with Gasteiger partial charge >= 0.3 is 0 Å². The van der Waals surface area contributed by atoms with Crippen LogP contribution in [0.4, 0.5) is 0 Å². The van der Waals surface area contributed by atoms with Gasteiger partial charge in [-0.1, -0.05) is 11.2 Å². The third kappa shape index (κ3) is 2.51. The predicted octanol–water partition coefficient (Wildman–Crippen LogP) is 0.931. The molecule has 0 spiro atoms. The molecule has 2 rings (SSSR count). The van der Waals surface area contributed by atoms with E-state index in [4.69, 9.17) is 10.9 Å². The lowest BCUT2D eigenvalue weighted by Gasteiger charge is -2.23. The largest absolute Gasteiger partial charge is 0.409 e. The summed E-state index contributed by atoms with van der Waals surface area (Å²) in [6.45, 7) is 1.57. The molecule has 1 aromatic carbocycles. The minimum absolute atomic E-state index is 0.141. The zero-order chi connectivity index (χ0) is 14.9. The van der Waals surface area contributed by atoms with Crippen LogP contribution in [0.15, 0.2) is 28.3 Å². The first-order valence-corrected chi connectivity index (χ1v) is 7.89. The standard InChI is InChI=1S/C13H19N3O3S/c1-9(13(14)15-17)16(2)20(18,19)12-7-6-10-4-3-5-11(10)8-12/h6-9,17H,3-5H2,1-2H3,(H2,14,15). The van der Waals surface area contributed by atoms with Crippen molar-refractivity contribution in [1.29, 1.82) is 0 Å². The highest BCUT2D eigenvalue weighted by Crippen LogP contribution is 2.26. The Morgan fingerprint density at radius 2 is 2.05 bits per heavy atom. The highest BCUT2D eigenvalue weighted by molar-refractivity contribution is 7.89. The Morgan fingerprint density at radius 1 is 1.40 bits per heavy atom. The minimum atomic E-state index is -3.65. The summed E-state index contributed by atoms with van der Waals surface area (Å²) >= 11 is 0. The van der Waals surface area contributed by atoms with Gasteiger partial charge in [-0.05, 0) is 49.4 Å². The molecule has 1 atom stereocenters. The summed E-state index contributed by atoms with van der Waals surface area (Å²) in [5.74, 6) is -0.141. The van der Waals surface area contributed by atoms with Crippen molar-refractivity contribution in [2.75, 3.05) is 7.05 Å². The quantitative estimate of drug-likeness (QED) is 0.374. The molecule has 0 aromatic heterocycles. The molecule has 0 bridgehead atoms. The minimum Gasteiger partial charge on any atom is -0.409 e. The normalized spacial score (nSPS) is 17.2. The number of likely N-dealkylation sites (N-methyl/N-ethyl adjacent to an activating group) is 1. The molecule has 1 unspecified atom stereocenters. The van der Waals surface area contributed by atoms with Crippen LogP contribution in [-0.4, -0.2) is 36.9 Å². The molecule has 0 saturated heterocycles. The molecule has 110 valence electrons. The van der Waals surface area contributed by atoms with Crippen molar-refractivity contribution >= 4 is 15.9 Å². The lowest BCUT2D eigenvalue weighted by atomic mass is 10.1.